The van der Waals surface area contributed by atoms with Crippen LogP contribution in [0.15, 0.2) is 24.5 Å². The van der Waals surface area contributed by atoms with Crippen molar-refractivity contribution in [3.8, 4) is 0 Å². The monoisotopic (exact) mass is 218 g/mol. The van der Waals surface area contributed by atoms with Crippen LogP contribution in [0.5, 0.6) is 0 Å². The normalized spacial score (nSPS) is 13.9. The lowest BCUT2D eigenvalue weighted by Gasteiger charge is -2.14. The SMILES string of the molecule is C[C@@H](NCCC(F)(F)F)c1ccncc1. The molecule has 5 heteroatoms. The van der Waals surface area contributed by atoms with Crippen LogP contribution >= 0.6 is 0 Å². The fraction of sp³-hybridized carbons (Fsp3) is 0.500. The van der Waals surface area contributed by atoms with Gasteiger partial charge in [0.1, 0.15) is 0 Å². The summed E-state index contributed by atoms with van der Waals surface area (Å²) < 4.78 is 35.6. The smallest absolute Gasteiger partial charge is 0.310 e. The van der Waals surface area contributed by atoms with Crippen molar-refractivity contribution in [3.05, 3.63) is 30.1 Å². The first-order chi connectivity index (χ1) is 6.99. The maximum absolute atomic E-state index is 11.9. The summed E-state index contributed by atoms with van der Waals surface area (Å²) in [5, 5.41) is 2.81. The van der Waals surface area contributed by atoms with Gasteiger partial charge < -0.3 is 5.32 Å². The first-order valence-electron chi connectivity index (χ1n) is 4.69. The Hall–Kier alpha value is -1.10. The van der Waals surface area contributed by atoms with Crippen molar-refractivity contribution in [1.29, 1.82) is 0 Å². The van der Waals surface area contributed by atoms with Crippen molar-refractivity contribution in [2.24, 2.45) is 0 Å². The van der Waals surface area contributed by atoms with Gasteiger partial charge in [-0.1, -0.05) is 0 Å². The lowest BCUT2D eigenvalue weighted by molar-refractivity contribution is -0.133. The fourth-order valence-electron chi connectivity index (χ4n) is 1.20. The van der Waals surface area contributed by atoms with Gasteiger partial charge in [-0.2, -0.15) is 13.2 Å². The Morgan fingerprint density at radius 2 is 1.93 bits per heavy atom. The van der Waals surface area contributed by atoms with Crippen LogP contribution in [-0.2, 0) is 0 Å². The van der Waals surface area contributed by atoms with Gasteiger partial charge in [0, 0.05) is 25.0 Å². The van der Waals surface area contributed by atoms with Crippen molar-refractivity contribution in [2.45, 2.75) is 25.6 Å². The number of pyridine rings is 1. The highest BCUT2D eigenvalue weighted by Gasteiger charge is 2.26. The van der Waals surface area contributed by atoms with Gasteiger partial charge in [-0.15, -0.1) is 0 Å². The summed E-state index contributed by atoms with van der Waals surface area (Å²) in [6, 6.07) is 3.48. The van der Waals surface area contributed by atoms with E-state index in [1.165, 1.54) is 0 Å². The summed E-state index contributed by atoms with van der Waals surface area (Å²) in [6.07, 6.45) is -1.65. The molecule has 0 aliphatic heterocycles. The van der Waals surface area contributed by atoms with E-state index in [0.29, 0.717) is 0 Å². The molecule has 0 saturated heterocycles. The van der Waals surface area contributed by atoms with Crippen LogP contribution in [0.2, 0.25) is 0 Å². The highest BCUT2D eigenvalue weighted by molar-refractivity contribution is 5.13. The maximum Gasteiger partial charge on any atom is 0.390 e. The molecule has 15 heavy (non-hydrogen) atoms. The number of rotatable bonds is 4. The van der Waals surface area contributed by atoms with E-state index in [9.17, 15) is 13.2 Å². The van der Waals surface area contributed by atoms with Crippen LogP contribution in [0.3, 0.4) is 0 Å². The summed E-state index contributed by atoms with van der Waals surface area (Å²) in [5.41, 5.74) is 0.937. The molecule has 1 N–H and O–H groups in total. The Bertz CT molecular complexity index is 284. The van der Waals surface area contributed by atoms with Gasteiger partial charge in [-0.05, 0) is 24.6 Å². The molecular formula is C10H13F3N2. The van der Waals surface area contributed by atoms with E-state index in [1.807, 2.05) is 6.92 Å². The Labute approximate surface area is 86.5 Å². The van der Waals surface area contributed by atoms with Crippen LogP contribution in [0, 0.1) is 0 Å². The highest BCUT2D eigenvalue weighted by atomic mass is 19.4. The van der Waals surface area contributed by atoms with Crippen molar-refractivity contribution < 1.29 is 13.2 Å². The lowest BCUT2D eigenvalue weighted by atomic mass is 10.1. The second-order valence-electron chi connectivity index (χ2n) is 3.32. The first-order valence-corrected chi connectivity index (χ1v) is 4.69. The Morgan fingerprint density at radius 1 is 1.33 bits per heavy atom. The van der Waals surface area contributed by atoms with Crippen LogP contribution in [0.25, 0.3) is 0 Å². The van der Waals surface area contributed by atoms with Gasteiger partial charge in [0.15, 0.2) is 0 Å². The lowest BCUT2D eigenvalue weighted by Crippen LogP contribution is -2.24. The molecule has 0 bridgehead atoms. The van der Waals surface area contributed by atoms with Gasteiger partial charge >= 0.3 is 6.18 Å². The third kappa shape index (κ3) is 4.78. The summed E-state index contributed by atoms with van der Waals surface area (Å²) in [5.74, 6) is 0. The number of halogens is 3. The molecule has 0 spiro atoms. The van der Waals surface area contributed by atoms with E-state index in [4.69, 9.17) is 0 Å². The molecule has 1 atom stereocenters. The molecule has 0 aliphatic carbocycles. The minimum atomic E-state index is -4.09. The molecular weight excluding hydrogens is 205 g/mol. The van der Waals surface area contributed by atoms with Crippen LogP contribution in [0.1, 0.15) is 24.9 Å². The minimum Gasteiger partial charge on any atom is -0.310 e. The topological polar surface area (TPSA) is 24.9 Å². The van der Waals surface area contributed by atoms with E-state index in [0.717, 1.165) is 5.56 Å². The number of hydrogen-bond donors (Lipinski definition) is 1. The number of alkyl halides is 3. The van der Waals surface area contributed by atoms with Crippen LogP contribution in [0.4, 0.5) is 13.2 Å². The summed E-state index contributed by atoms with van der Waals surface area (Å²) in [4.78, 5) is 3.84. The van der Waals surface area contributed by atoms with Gasteiger partial charge in [0.25, 0.3) is 0 Å². The average Bonchev–Trinajstić information content (AvgIpc) is 2.17. The largest absolute Gasteiger partial charge is 0.390 e. The number of aromatic nitrogens is 1. The summed E-state index contributed by atoms with van der Waals surface area (Å²) >= 11 is 0. The van der Waals surface area contributed by atoms with Gasteiger partial charge in [-0.3, -0.25) is 4.98 Å². The van der Waals surface area contributed by atoms with Gasteiger partial charge in [-0.25, -0.2) is 0 Å². The van der Waals surface area contributed by atoms with Crippen LogP contribution in [-0.4, -0.2) is 17.7 Å². The number of nitrogens with one attached hydrogen (secondary N) is 1. The fourth-order valence-corrected chi connectivity index (χ4v) is 1.20. The molecule has 2 nitrogen and oxygen atoms in total. The van der Waals surface area contributed by atoms with E-state index >= 15 is 0 Å². The van der Waals surface area contributed by atoms with E-state index < -0.39 is 12.6 Å². The molecule has 0 radical (unpaired) electrons. The first kappa shape index (κ1) is 12.0. The number of hydrogen-bond acceptors (Lipinski definition) is 2. The zero-order valence-electron chi connectivity index (χ0n) is 8.38. The standard InChI is InChI=1S/C10H13F3N2/c1-8(9-2-5-14-6-3-9)15-7-4-10(11,12)13/h2-3,5-6,8,15H,4,7H2,1H3/t8-/m1/s1. The van der Waals surface area contributed by atoms with E-state index in [1.54, 1.807) is 24.5 Å². The van der Waals surface area contributed by atoms with Gasteiger partial charge in [0.2, 0.25) is 0 Å². The van der Waals surface area contributed by atoms with Crippen molar-refractivity contribution in [3.63, 3.8) is 0 Å². The molecule has 0 saturated carbocycles. The van der Waals surface area contributed by atoms with Gasteiger partial charge in [0.05, 0.1) is 6.42 Å². The predicted octanol–water partition coefficient (Wildman–Crippen LogP) is 2.68. The minimum absolute atomic E-state index is 0.0625. The molecule has 1 rings (SSSR count). The predicted molar refractivity (Wildman–Crippen MR) is 51.3 cm³/mol. The Morgan fingerprint density at radius 3 is 2.47 bits per heavy atom. The van der Waals surface area contributed by atoms with E-state index in [-0.39, 0.29) is 12.6 Å². The molecule has 0 fully saturated rings. The zero-order chi connectivity index (χ0) is 11.3. The third-order valence-corrected chi connectivity index (χ3v) is 2.07. The third-order valence-electron chi connectivity index (χ3n) is 2.07. The maximum atomic E-state index is 11.9. The summed E-state index contributed by atoms with van der Waals surface area (Å²) in [6.45, 7) is 1.76. The number of nitrogens with zero attached hydrogens (tertiary/aromatic N) is 1. The Balaban J connectivity index is 2.34. The van der Waals surface area contributed by atoms with E-state index in [2.05, 4.69) is 10.3 Å². The molecule has 1 aromatic heterocycles. The van der Waals surface area contributed by atoms with Crippen LogP contribution < -0.4 is 5.32 Å². The molecule has 84 valence electrons. The summed E-state index contributed by atoms with van der Waals surface area (Å²) in [7, 11) is 0. The molecule has 1 aromatic rings. The molecule has 0 aromatic carbocycles. The quantitative estimate of drug-likeness (QED) is 0.840. The molecule has 0 amide bonds. The molecule has 1 heterocycles. The second-order valence-corrected chi connectivity index (χ2v) is 3.32. The molecule has 0 unspecified atom stereocenters. The van der Waals surface area contributed by atoms with Crippen molar-refractivity contribution in [2.75, 3.05) is 6.54 Å². The second kappa shape index (κ2) is 5.11. The average molecular weight is 218 g/mol. The van der Waals surface area contributed by atoms with Crippen molar-refractivity contribution in [1.82, 2.24) is 10.3 Å². The zero-order valence-corrected chi connectivity index (χ0v) is 8.38. The van der Waals surface area contributed by atoms with Crippen molar-refractivity contribution >= 4 is 0 Å². The molecule has 0 aliphatic rings. The highest BCUT2D eigenvalue weighted by Crippen LogP contribution is 2.19. The Kier molecular flexibility index (Phi) is 4.08.